The maximum absolute atomic E-state index is 11.7. The van der Waals surface area contributed by atoms with Gasteiger partial charge in [0.2, 0.25) is 5.91 Å². The van der Waals surface area contributed by atoms with Crippen LogP contribution in [0.2, 0.25) is 10.0 Å². The fourth-order valence-electron chi connectivity index (χ4n) is 1.92. The number of rotatable bonds is 3. The van der Waals surface area contributed by atoms with Crippen LogP contribution in [-0.4, -0.2) is 30.4 Å². The highest BCUT2D eigenvalue weighted by molar-refractivity contribution is 6.42. The van der Waals surface area contributed by atoms with Crippen LogP contribution in [0.1, 0.15) is 12.8 Å². The predicted octanol–water partition coefficient (Wildman–Crippen LogP) is 3.03. The van der Waals surface area contributed by atoms with Gasteiger partial charge in [0, 0.05) is 5.69 Å². The van der Waals surface area contributed by atoms with E-state index < -0.39 is 0 Å². The summed E-state index contributed by atoms with van der Waals surface area (Å²) in [5.74, 6) is -0.00899. The topological polar surface area (TPSA) is 32.3 Å². The molecule has 1 aliphatic rings. The van der Waals surface area contributed by atoms with Crippen LogP contribution in [0.5, 0.6) is 0 Å². The van der Waals surface area contributed by atoms with Gasteiger partial charge in [-0.05, 0) is 44.1 Å². The zero-order valence-electron chi connectivity index (χ0n) is 9.38. The first-order chi connectivity index (χ1) is 8.15. The number of hydrogen-bond donors (Lipinski definition) is 1. The zero-order valence-corrected chi connectivity index (χ0v) is 10.9. The minimum Gasteiger partial charge on any atom is -0.325 e. The molecule has 1 fully saturated rings. The summed E-state index contributed by atoms with van der Waals surface area (Å²) in [7, 11) is 0. The van der Waals surface area contributed by atoms with Gasteiger partial charge in [-0.15, -0.1) is 0 Å². The molecule has 0 aromatic heterocycles. The lowest BCUT2D eigenvalue weighted by atomic mass is 10.3. The molecule has 0 bridgehead atoms. The minimum absolute atomic E-state index is 0.00899. The van der Waals surface area contributed by atoms with Crippen LogP contribution in [0.3, 0.4) is 0 Å². The third kappa shape index (κ3) is 3.60. The van der Waals surface area contributed by atoms with Crippen LogP contribution in [0, 0.1) is 0 Å². The first-order valence-electron chi connectivity index (χ1n) is 5.62. The molecule has 1 heterocycles. The molecule has 1 aliphatic heterocycles. The van der Waals surface area contributed by atoms with E-state index in [2.05, 4.69) is 10.2 Å². The number of anilines is 1. The molecular weight excluding hydrogens is 259 g/mol. The fraction of sp³-hybridized carbons (Fsp3) is 0.417. The molecule has 0 spiro atoms. The highest BCUT2D eigenvalue weighted by Crippen LogP contribution is 2.24. The zero-order chi connectivity index (χ0) is 12.3. The van der Waals surface area contributed by atoms with E-state index in [1.807, 2.05) is 0 Å². The number of amides is 1. The molecule has 1 amide bonds. The van der Waals surface area contributed by atoms with Gasteiger partial charge in [0.25, 0.3) is 0 Å². The number of likely N-dealkylation sites (tertiary alicyclic amines) is 1. The average molecular weight is 273 g/mol. The van der Waals surface area contributed by atoms with Crippen molar-refractivity contribution in [1.29, 1.82) is 0 Å². The lowest BCUT2D eigenvalue weighted by molar-refractivity contribution is -0.117. The van der Waals surface area contributed by atoms with Gasteiger partial charge in [0.15, 0.2) is 0 Å². The van der Waals surface area contributed by atoms with Gasteiger partial charge >= 0.3 is 0 Å². The van der Waals surface area contributed by atoms with E-state index in [0.717, 1.165) is 13.1 Å². The Morgan fingerprint density at radius 2 is 1.94 bits per heavy atom. The van der Waals surface area contributed by atoms with E-state index in [1.54, 1.807) is 18.2 Å². The van der Waals surface area contributed by atoms with E-state index in [0.29, 0.717) is 22.3 Å². The van der Waals surface area contributed by atoms with Gasteiger partial charge in [-0.3, -0.25) is 9.69 Å². The molecule has 0 unspecified atom stereocenters. The lowest BCUT2D eigenvalue weighted by Crippen LogP contribution is -2.30. The second-order valence-corrected chi connectivity index (χ2v) is 4.97. The van der Waals surface area contributed by atoms with Crippen LogP contribution < -0.4 is 5.32 Å². The molecule has 3 nitrogen and oxygen atoms in total. The second-order valence-electron chi connectivity index (χ2n) is 4.16. The molecule has 0 atom stereocenters. The largest absolute Gasteiger partial charge is 0.325 e. The average Bonchev–Trinajstić information content (AvgIpc) is 2.76. The van der Waals surface area contributed by atoms with Crippen LogP contribution in [0.15, 0.2) is 18.2 Å². The number of halogens is 2. The van der Waals surface area contributed by atoms with Crippen molar-refractivity contribution < 1.29 is 4.79 Å². The second kappa shape index (κ2) is 5.71. The Hall–Kier alpha value is -0.770. The lowest BCUT2D eigenvalue weighted by Gasteiger charge is -2.14. The molecule has 92 valence electrons. The van der Waals surface area contributed by atoms with Gasteiger partial charge < -0.3 is 5.32 Å². The molecule has 0 aliphatic carbocycles. The highest BCUT2D eigenvalue weighted by Gasteiger charge is 2.15. The summed E-state index contributed by atoms with van der Waals surface area (Å²) >= 11 is 11.7. The number of hydrogen-bond acceptors (Lipinski definition) is 2. The number of nitrogens with zero attached hydrogens (tertiary/aromatic N) is 1. The van der Waals surface area contributed by atoms with Crippen molar-refractivity contribution in [1.82, 2.24) is 4.90 Å². The molecule has 5 heteroatoms. The van der Waals surface area contributed by atoms with Crippen molar-refractivity contribution in [2.45, 2.75) is 12.8 Å². The number of benzene rings is 1. The summed E-state index contributed by atoms with van der Waals surface area (Å²) in [6, 6.07) is 5.08. The van der Waals surface area contributed by atoms with Crippen molar-refractivity contribution in [3.8, 4) is 0 Å². The van der Waals surface area contributed by atoms with Gasteiger partial charge in [-0.1, -0.05) is 23.2 Å². The van der Waals surface area contributed by atoms with E-state index in [4.69, 9.17) is 23.2 Å². The third-order valence-electron chi connectivity index (χ3n) is 2.77. The molecule has 17 heavy (non-hydrogen) atoms. The molecular formula is C12H14Cl2N2O. The van der Waals surface area contributed by atoms with Gasteiger partial charge in [-0.2, -0.15) is 0 Å². The normalized spacial score (nSPS) is 16.1. The molecule has 0 saturated carbocycles. The van der Waals surface area contributed by atoms with Crippen LogP contribution in [0.4, 0.5) is 5.69 Å². The predicted molar refractivity (Wildman–Crippen MR) is 70.8 cm³/mol. The minimum atomic E-state index is -0.00899. The van der Waals surface area contributed by atoms with E-state index in [1.165, 1.54) is 12.8 Å². The number of carbonyl (C=O) groups is 1. The quantitative estimate of drug-likeness (QED) is 0.918. The van der Waals surface area contributed by atoms with Crippen molar-refractivity contribution in [3.05, 3.63) is 28.2 Å². The first-order valence-corrected chi connectivity index (χ1v) is 6.38. The Balaban J connectivity index is 1.90. The Morgan fingerprint density at radius 3 is 2.59 bits per heavy atom. The van der Waals surface area contributed by atoms with Gasteiger partial charge in [0.05, 0.1) is 16.6 Å². The summed E-state index contributed by atoms with van der Waals surface area (Å²) in [6.07, 6.45) is 2.36. The molecule has 2 rings (SSSR count). The van der Waals surface area contributed by atoms with Crippen LogP contribution in [-0.2, 0) is 4.79 Å². The van der Waals surface area contributed by atoms with Gasteiger partial charge in [0.1, 0.15) is 0 Å². The Kier molecular flexibility index (Phi) is 4.26. The Bertz CT molecular complexity index is 417. The summed E-state index contributed by atoms with van der Waals surface area (Å²) in [5, 5.41) is 3.75. The molecule has 1 saturated heterocycles. The van der Waals surface area contributed by atoms with Crippen molar-refractivity contribution >= 4 is 34.8 Å². The fourth-order valence-corrected chi connectivity index (χ4v) is 2.22. The molecule has 1 aromatic rings. The first kappa shape index (κ1) is 12.7. The summed E-state index contributed by atoms with van der Waals surface area (Å²) in [6.45, 7) is 2.46. The van der Waals surface area contributed by atoms with Crippen LogP contribution >= 0.6 is 23.2 Å². The molecule has 1 N–H and O–H groups in total. The summed E-state index contributed by atoms with van der Waals surface area (Å²) in [4.78, 5) is 13.9. The standard InChI is InChI=1S/C12H14Cl2N2O/c13-10-4-3-9(7-11(10)14)15-12(17)8-16-5-1-2-6-16/h3-4,7H,1-2,5-6,8H2,(H,15,17). The van der Waals surface area contributed by atoms with Gasteiger partial charge in [-0.25, -0.2) is 0 Å². The van der Waals surface area contributed by atoms with Crippen molar-refractivity contribution in [3.63, 3.8) is 0 Å². The van der Waals surface area contributed by atoms with Crippen molar-refractivity contribution in [2.24, 2.45) is 0 Å². The van der Waals surface area contributed by atoms with Crippen molar-refractivity contribution in [2.75, 3.05) is 25.0 Å². The Morgan fingerprint density at radius 1 is 1.24 bits per heavy atom. The Labute approximate surface area is 111 Å². The summed E-state index contributed by atoms with van der Waals surface area (Å²) in [5.41, 5.74) is 0.684. The van der Waals surface area contributed by atoms with E-state index in [-0.39, 0.29) is 5.91 Å². The SMILES string of the molecule is O=C(CN1CCCC1)Nc1ccc(Cl)c(Cl)c1. The maximum Gasteiger partial charge on any atom is 0.238 e. The monoisotopic (exact) mass is 272 g/mol. The smallest absolute Gasteiger partial charge is 0.238 e. The van der Waals surface area contributed by atoms with E-state index >= 15 is 0 Å². The molecule has 0 radical (unpaired) electrons. The number of carbonyl (C=O) groups excluding carboxylic acids is 1. The summed E-state index contributed by atoms with van der Waals surface area (Å²) < 4.78 is 0. The number of nitrogens with one attached hydrogen (secondary N) is 1. The highest BCUT2D eigenvalue weighted by atomic mass is 35.5. The third-order valence-corrected chi connectivity index (χ3v) is 3.51. The van der Waals surface area contributed by atoms with Crippen LogP contribution in [0.25, 0.3) is 0 Å². The van der Waals surface area contributed by atoms with E-state index in [9.17, 15) is 4.79 Å². The maximum atomic E-state index is 11.7. The molecule has 1 aromatic carbocycles.